The van der Waals surface area contributed by atoms with Gasteiger partial charge in [-0.05, 0) is 43.5 Å². The molecule has 1 saturated heterocycles. The average molecular weight is 296 g/mol. The molecule has 1 aromatic carbocycles. The fourth-order valence-electron chi connectivity index (χ4n) is 2.84. The topological polar surface area (TPSA) is 63.4 Å². The molecule has 1 aliphatic heterocycles. The largest absolute Gasteiger partial charge is 0.326 e. The van der Waals surface area contributed by atoms with Crippen LogP contribution in [0.3, 0.4) is 0 Å². The molecular formula is C15H24N2O2S. The zero-order chi connectivity index (χ0) is 14.6. The van der Waals surface area contributed by atoms with Gasteiger partial charge in [0.1, 0.15) is 0 Å². The zero-order valence-corrected chi connectivity index (χ0v) is 12.9. The highest BCUT2D eigenvalue weighted by atomic mass is 32.2. The first-order valence-electron chi connectivity index (χ1n) is 7.32. The molecule has 1 aliphatic rings. The van der Waals surface area contributed by atoms with Gasteiger partial charge in [0.2, 0.25) is 0 Å². The summed E-state index contributed by atoms with van der Waals surface area (Å²) in [5, 5.41) is 0. The predicted molar refractivity (Wildman–Crippen MR) is 81.3 cm³/mol. The van der Waals surface area contributed by atoms with Crippen molar-refractivity contribution in [2.45, 2.75) is 43.7 Å². The van der Waals surface area contributed by atoms with Gasteiger partial charge < -0.3 is 5.73 Å². The number of hydrogen-bond acceptors (Lipinski definition) is 4. The monoisotopic (exact) mass is 296 g/mol. The third-order valence-electron chi connectivity index (χ3n) is 4.14. The van der Waals surface area contributed by atoms with Crippen LogP contribution in [0.2, 0.25) is 0 Å². The Hall–Kier alpha value is -0.910. The van der Waals surface area contributed by atoms with Gasteiger partial charge >= 0.3 is 0 Å². The highest BCUT2D eigenvalue weighted by molar-refractivity contribution is 7.91. The molecule has 0 radical (unpaired) electrons. The normalized spacial score (nSPS) is 20.4. The van der Waals surface area contributed by atoms with Crippen molar-refractivity contribution in [2.75, 3.05) is 18.8 Å². The summed E-state index contributed by atoms with van der Waals surface area (Å²) in [6.45, 7) is 4.27. The second kappa shape index (κ2) is 6.70. The average Bonchev–Trinajstić information content (AvgIpc) is 2.93. The standard InChI is InChI=1S/C15H24N2O2S/c1-2-14-4-3-9-17(14)10-11-20(18,19)15-7-5-13(12-16)6-8-15/h5-8,14H,2-4,9-12,16H2,1H3. The Kier molecular flexibility index (Phi) is 5.18. The maximum absolute atomic E-state index is 12.3. The zero-order valence-electron chi connectivity index (χ0n) is 12.1. The molecule has 0 amide bonds. The smallest absolute Gasteiger partial charge is 0.179 e. The number of rotatable bonds is 6. The van der Waals surface area contributed by atoms with Crippen LogP contribution in [0, 0.1) is 0 Å². The fraction of sp³-hybridized carbons (Fsp3) is 0.600. The second-order valence-corrected chi connectivity index (χ2v) is 7.52. The Balaban J connectivity index is 1.99. The van der Waals surface area contributed by atoms with Crippen LogP contribution in [0.1, 0.15) is 31.7 Å². The van der Waals surface area contributed by atoms with Gasteiger partial charge in [-0.25, -0.2) is 8.42 Å². The Morgan fingerprint density at radius 2 is 2.00 bits per heavy atom. The molecule has 0 aliphatic carbocycles. The molecule has 4 nitrogen and oxygen atoms in total. The molecule has 1 heterocycles. The van der Waals surface area contributed by atoms with Crippen molar-refractivity contribution >= 4 is 9.84 Å². The van der Waals surface area contributed by atoms with E-state index in [1.165, 1.54) is 12.8 Å². The van der Waals surface area contributed by atoms with Crippen molar-refractivity contribution in [2.24, 2.45) is 5.73 Å². The third kappa shape index (κ3) is 3.59. The maximum atomic E-state index is 12.3. The number of benzene rings is 1. The third-order valence-corrected chi connectivity index (χ3v) is 5.85. The second-order valence-electron chi connectivity index (χ2n) is 5.41. The molecule has 2 N–H and O–H groups in total. The van der Waals surface area contributed by atoms with Crippen LogP contribution < -0.4 is 5.73 Å². The quantitative estimate of drug-likeness (QED) is 0.869. The van der Waals surface area contributed by atoms with Crippen LogP contribution in [0.5, 0.6) is 0 Å². The van der Waals surface area contributed by atoms with Crippen LogP contribution in [-0.4, -0.2) is 38.2 Å². The van der Waals surface area contributed by atoms with Crippen molar-refractivity contribution in [3.05, 3.63) is 29.8 Å². The minimum absolute atomic E-state index is 0.200. The van der Waals surface area contributed by atoms with E-state index in [9.17, 15) is 8.42 Å². The summed E-state index contributed by atoms with van der Waals surface area (Å²) in [4.78, 5) is 2.72. The van der Waals surface area contributed by atoms with Crippen molar-refractivity contribution in [1.29, 1.82) is 0 Å². The molecule has 5 heteroatoms. The lowest BCUT2D eigenvalue weighted by Gasteiger charge is -2.22. The maximum Gasteiger partial charge on any atom is 0.179 e. The number of nitrogens with two attached hydrogens (primary N) is 1. The minimum atomic E-state index is -3.19. The van der Waals surface area contributed by atoms with Crippen LogP contribution in [0.25, 0.3) is 0 Å². The summed E-state index contributed by atoms with van der Waals surface area (Å²) in [6, 6.07) is 7.47. The van der Waals surface area contributed by atoms with E-state index in [-0.39, 0.29) is 5.75 Å². The summed E-state index contributed by atoms with van der Waals surface area (Å²) >= 11 is 0. The van der Waals surface area contributed by atoms with Crippen molar-refractivity contribution in [1.82, 2.24) is 4.90 Å². The Morgan fingerprint density at radius 3 is 2.60 bits per heavy atom. The molecule has 1 atom stereocenters. The molecule has 0 saturated carbocycles. The molecule has 0 bridgehead atoms. The first-order chi connectivity index (χ1) is 9.56. The molecule has 112 valence electrons. The van der Waals surface area contributed by atoms with E-state index in [2.05, 4.69) is 11.8 Å². The van der Waals surface area contributed by atoms with Crippen LogP contribution in [-0.2, 0) is 16.4 Å². The van der Waals surface area contributed by atoms with Gasteiger partial charge in [-0.15, -0.1) is 0 Å². The fourth-order valence-corrected chi connectivity index (χ4v) is 4.10. The summed E-state index contributed by atoms with van der Waals surface area (Å²) in [5.74, 6) is 0.200. The SMILES string of the molecule is CCC1CCCN1CCS(=O)(=O)c1ccc(CN)cc1. The number of hydrogen-bond donors (Lipinski definition) is 1. The molecule has 0 aromatic heterocycles. The van der Waals surface area contributed by atoms with Crippen LogP contribution in [0.15, 0.2) is 29.2 Å². The summed E-state index contributed by atoms with van der Waals surface area (Å²) in [7, 11) is -3.19. The van der Waals surface area contributed by atoms with E-state index in [4.69, 9.17) is 5.73 Å². The minimum Gasteiger partial charge on any atom is -0.326 e. The van der Waals surface area contributed by atoms with E-state index < -0.39 is 9.84 Å². The van der Waals surface area contributed by atoms with Gasteiger partial charge in [-0.3, -0.25) is 4.90 Å². The van der Waals surface area contributed by atoms with Gasteiger partial charge in [0.15, 0.2) is 9.84 Å². The van der Waals surface area contributed by atoms with Crippen molar-refractivity contribution < 1.29 is 8.42 Å². The molecular weight excluding hydrogens is 272 g/mol. The summed E-state index contributed by atoms with van der Waals surface area (Å²) in [5.41, 5.74) is 6.48. The lowest BCUT2D eigenvalue weighted by Crippen LogP contribution is -2.33. The molecule has 20 heavy (non-hydrogen) atoms. The highest BCUT2D eigenvalue weighted by Gasteiger charge is 2.24. The van der Waals surface area contributed by atoms with Gasteiger partial charge in [-0.2, -0.15) is 0 Å². The highest BCUT2D eigenvalue weighted by Crippen LogP contribution is 2.20. The van der Waals surface area contributed by atoms with E-state index in [0.717, 1.165) is 18.5 Å². The molecule has 1 unspecified atom stereocenters. The lowest BCUT2D eigenvalue weighted by molar-refractivity contribution is 0.262. The van der Waals surface area contributed by atoms with Gasteiger partial charge in [-0.1, -0.05) is 19.1 Å². The van der Waals surface area contributed by atoms with Crippen LogP contribution in [0.4, 0.5) is 0 Å². The van der Waals surface area contributed by atoms with Crippen LogP contribution >= 0.6 is 0 Å². The number of nitrogens with zero attached hydrogens (tertiary/aromatic N) is 1. The molecule has 2 rings (SSSR count). The van der Waals surface area contributed by atoms with Crippen molar-refractivity contribution in [3.8, 4) is 0 Å². The Morgan fingerprint density at radius 1 is 1.30 bits per heavy atom. The Bertz CT molecular complexity index is 525. The summed E-state index contributed by atoms with van der Waals surface area (Å²) in [6.07, 6.45) is 3.48. The number of likely N-dealkylation sites (tertiary alicyclic amines) is 1. The van der Waals surface area contributed by atoms with E-state index in [1.54, 1.807) is 24.3 Å². The van der Waals surface area contributed by atoms with E-state index in [0.29, 0.717) is 24.0 Å². The Labute approximate surface area is 121 Å². The molecule has 1 aromatic rings. The summed E-state index contributed by atoms with van der Waals surface area (Å²) < 4.78 is 24.7. The first kappa shape index (κ1) is 15.5. The number of sulfone groups is 1. The molecule has 0 spiro atoms. The van der Waals surface area contributed by atoms with Gasteiger partial charge in [0.05, 0.1) is 10.6 Å². The first-order valence-corrected chi connectivity index (χ1v) is 8.98. The van der Waals surface area contributed by atoms with Gasteiger partial charge in [0, 0.05) is 19.1 Å². The van der Waals surface area contributed by atoms with E-state index >= 15 is 0 Å². The van der Waals surface area contributed by atoms with Crippen molar-refractivity contribution in [3.63, 3.8) is 0 Å². The lowest BCUT2D eigenvalue weighted by atomic mass is 10.2. The van der Waals surface area contributed by atoms with E-state index in [1.807, 2.05) is 0 Å². The van der Waals surface area contributed by atoms with Gasteiger partial charge in [0.25, 0.3) is 0 Å². The predicted octanol–water partition coefficient (Wildman–Crippen LogP) is 1.79. The molecule has 1 fully saturated rings.